The molecular weight excluding hydrogens is 396 g/mol. The van der Waals surface area contributed by atoms with Crippen molar-refractivity contribution in [2.75, 3.05) is 13.7 Å². The second-order valence-electron chi connectivity index (χ2n) is 7.45. The van der Waals surface area contributed by atoms with Crippen LogP contribution in [-0.4, -0.2) is 50.6 Å². The largest absolute Gasteiger partial charge is 0.465 e. The van der Waals surface area contributed by atoms with Crippen LogP contribution in [0.15, 0.2) is 48.5 Å². The van der Waals surface area contributed by atoms with Crippen LogP contribution in [0.2, 0.25) is 0 Å². The molecule has 0 saturated carbocycles. The number of benzene rings is 2. The molecule has 0 aliphatic carbocycles. The van der Waals surface area contributed by atoms with E-state index in [0.29, 0.717) is 24.5 Å². The number of nitrogens with zero attached hydrogens (tertiary/aromatic N) is 5. The zero-order valence-corrected chi connectivity index (χ0v) is 17.3. The second kappa shape index (κ2) is 9.48. The number of esters is 1. The van der Waals surface area contributed by atoms with Gasteiger partial charge in [-0.15, -0.1) is 5.10 Å². The van der Waals surface area contributed by atoms with Crippen LogP contribution in [0, 0.1) is 0 Å². The average molecular weight is 420 g/mol. The number of rotatable bonds is 7. The van der Waals surface area contributed by atoms with Crippen molar-refractivity contribution in [2.45, 2.75) is 32.6 Å². The molecule has 0 bridgehead atoms. The van der Waals surface area contributed by atoms with E-state index in [2.05, 4.69) is 54.7 Å². The van der Waals surface area contributed by atoms with Crippen LogP contribution < -0.4 is 5.32 Å². The third-order valence-corrected chi connectivity index (χ3v) is 5.34. The Morgan fingerprint density at radius 2 is 1.87 bits per heavy atom. The third kappa shape index (κ3) is 5.13. The predicted octanol–water partition coefficient (Wildman–Crippen LogP) is 1.33. The summed E-state index contributed by atoms with van der Waals surface area (Å²) >= 11 is 0. The van der Waals surface area contributed by atoms with Gasteiger partial charge >= 0.3 is 5.97 Å². The van der Waals surface area contributed by atoms with Crippen molar-refractivity contribution >= 4 is 11.9 Å². The zero-order valence-electron chi connectivity index (χ0n) is 17.3. The maximum absolute atomic E-state index is 12.4. The summed E-state index contributed by atoms with van der Waals surface area (Å²) in [5.41, 5.74) is 4.06. The van der Waals surface area contributed by atoms with Crippen molar-refractivity contribution in [1.82, 2.24) is 30.4 Å². The first-order chi connectivity index (χ1) is 15.1. The molecule has 1 aliphatic rings. The Balaban J connectivity index is 1.30. The average Bonchev–Trinajstić information content (AvgIpc) is 3.23. The van der Waals surface area contributed by atoms with E-state index in [1.165, 1.54) is 22.9 Å². The molecule has 9 nitrogen and oxygen atoms in total. The lowest BCUT2D eigenvalue weighted by Gasteiger charge is -2.28. The van der Waals surface area contributed by atoms with Crippen LogP contribution in [-0.2, 0) is 42.1 Å². The normalized spacial score (nSPS) is 13.5. The van der Waals surface area contributed by atoms with E-state index >= 15 is 0 Å². The molecular formula is C22H24N6O3. The maximum Gasteiger partial charge on any atom is 0.337 e. The molecule has 0 radical (unpaired) electrons. The smallest absolute Gasteiger partial charge is 0.337 e. The van der Waals surface area contributed by atoms with E-state index in [1.54, 1.807) is 24.3 Å². The first-order valence-electron chi connectivity index (χ1n) is 10.1. The molecule has 160 valence electrons. The highest BCUT2D eigenvalue weighted by atomic mass is 16.5. The van der Waals surface area contributed by atoms with Crippen LogP contribution in [0.3, 0.4) is 0 Å². The lowest BCUT2D eigenvalue weighted by atomic mass is 10.00. The van der Waals surface area contributed by atoms with E-state index in [-0.39, 0.29) is 18.4 Å². The van der Waals surface area contributed by atoms with Crippen LogP contribution in [0.4, 0.5) is 0 Å². The molecule has 0 unspecified atom stereocenters. The molecule has 0 saturated heterocycles. The van der Waals surface area contributed by atoms with Gasteiger partial charge in [-0.1, -0.05) is 36.4 Å². The van der Waals surface area contributed by atoms with Gasteiger partial charge in [0.25, 0.3) is 0 Å². The molecule has 9 heteroatoms. The SMILES string of the molecule is COC(=O)c1ccc(CNC(=O)Cn2nnnc2CN2CCc3ccccc3C2)cc1. The number of carbonyl (C=O) groups excluding carboxylic acids is 2. The number of tetrazole rings is 1. The Hall–Kier alpha value is -3.59. The Bertz CT molecular complexity index is 1060. The Labute approximate surface area is 180 Å². The number of methoxy groups -OCH3 is 1. The predicted molar refractivity (Wildman–Crippen MR) is 112 cm³/mol. The van der Waals surface area contributed by atoms with Crippen LogP contribution >= 0.6 is 0 Å². The van der Waals surface area contributed by atoms with E-state index in [1.807, 2.05) is 0 Å². The first-order valence-corrected chi connectivity index (χ1v) is 10.1. The lowest BCUT2D eigenvalue weighted by Crippen LogP contribution is -2.33. The van der Waals surface area contributed by atoms with Gasteiger partial charge < -0.3 is 10.1 Å². The number of aromatic nitrogens is 4. The van der Waals surface area contributed by atoms with Gasteiger partial charge in [0.05, 0.1) is 19.2 Å². The highest BCUT2D eigenvalue weighted by Crippen LogP contribution is 2.19. The summed E-state index contributed by atoms with van der Waals surface area (Å²) in [6, 6.07) is 15.3. The molecule has 1 aliphatic heterocycles. The summed E-state index contributed by atoms with van der Waals surface area (Å²) < 4.78 is 6.22. The quantitative estimate of drug-likeness (QED) is 0.576. The number of nitrogens with one attached hydrogen (secondary N) is 1. The van der Waals surface area contributed by atoms with E-state index in [0.717, 1.165) is 25.1 Å². The molecule has 4 rings (SSSR count). The number of hydrogen-bond donors (Lipinski definition) is 1. The minimum Gasteiger partial charge on any atom is -0.465 e. The van der Waals surface area contributed by atoms with Gasteiger partial charge in [0, 0.05) is 19.6 Å². The third-order valence-electron chi connectivity index (χ3n) is 5.34. The molecule has 0 spiro atoms. The Kier molecular flexibility index (Phi) is 6.32. The van der Waals surface area contributed by atoms with Gasteiger partial charge in [-0.3, -0.25) is 9.69 Å². The van der Waals surface area contributed by atoms with E-state index in [4.69, 9.17) is 0 Å². The molecule has 0 atom stereocenters. The summed E-state index contributed by atoms with van der Waals surface area (Å²) in [6.07, 6.45) is 0.993. The van der Waals surface area contributed by atoms with E-state index < -0.39 is 0 Å². The summed E-state index contributed by atoms with van der Waals surface area (Å²) in [4.78, 5) is 26.2. The summed E-state index contributed by atoms with van der Waals surface area (Å²) in [5, 5.41) is 14.7. The van der Waals surface area contributed by atoms with Crippen LogP contribution in [0.1, 0.15) is 32.9 Å². The minimum atomic E-state index is -0.390. The Morgan fingerprint density at radius 3 is 2.65 bits per heavy atom. The van der Waals surface area contributed by atoms with Crippen molar-refractivity contribution in [1.29, 1.82) is 0 Å². The van der Waals surface area contributed by atoms with Crippen molar-refractivity contribution in [2.24, 2.45) is 0 Å². The zero-order chi connectivity index (χ0) is 21.6. The van der Waals surface area contributed by atoms with E-state index in [9.17, 15) is 9.59 Å². The fourth-order valence-corrected chi connectivity index (χ4v) is 3.62. The standard InChI is InChI=1S/C22H24N6O3/c1-31-22(30)18-8-6-16(7-9-18)12-23-21(29)15-28-20(24-25-26-28)14-27-11-10-17-4-2-3-5-19(17)13-27/h2-9H,10-15H2,1H3,(H,23,29). The molecule has 3 aromatic rings. The highest BCUT2D eigenvalue weighted by molar-refractivity contribution is 5.89. The van der Waals surface area contributed by atoms with Gasteiger partial charge in [-0.05, 0) is 45.7 Å². The minimum absolute atomic E-state index is 0.0486. The summed E-state index contributed by atoms with van der Waals surface area (Å²) in [7, 11) is 1.34. The monoisotopic (exact) mass is 420 g/mol. The van der Waals surface area contributed by atoms with Crippen molar-refractivity contribution < 1.29 is 14.3 Å². The van der Waals surface area contributed by atoms with Gasteiger partial charge in [0.1, 0.15) is 6.54 Å². The molecule has 1 amide bonds. The second-order valence-corrected chi connectivity index (χ2v) is 7.45. The molecule has 1 N–H and O–H groups in total. The van der Waals surface area contributed by atoms with Crippen molar-refractivity contribution in [3.8, 4) is 0 Å². The molecule has 31 heavy (non-hydrogen) atoms. The molecule has 1 aromatic heterocycles. The van der Waals surface area contributed by atoms with Gasteiger partial charge in [-0.25, -0.2) is 9.48 Å². The van der Waals surface area contributed by atoms with Crippen molar-refractivity contribution in [3.63, 3.8) is 0 Å². The summed E-state index contributed by atoms with van der Waals surface area (Å²) in [6.45, 7) is 2.76. The number of ether oxygens (including phenoxy) is 1. The van der Waals surface area contributed by atoms with Gasteiger partial charge in [-0.2, -0.15) is 0 Å². The fraction of sp³-hybridized carbons (Fsp3) is 0.318. The molecule has 0 fully saturated rings. The number of fused-ring (bicyclic) bond motifs is 1. The molecule has 2 aromatic carbocycles. The Morgan fingerprint density at radius 1 is 1.10 bits per heavy atom. The highest BCUT2D eigenvalue weighted by Gasteiger charge is 2.19. The fourth-order valence-electron chi connectivity index (χ4n) is 3.62. The van der Waals surface area contributed by atoms with Crippen LogP contribution in [0.5, 0.6) is 0 Å². The first kappa shape index (κ1) is 20.7. The number of hydrogen-bond acceptors (Lipinski definition) is 7. The lowest BCUT2D eigenvalue weighted by molar-refractivity contribution is -0.122. The van der Waals surface area contributed by atoms with Gasteiger partial charge in [0.2, 0.25) is 5.91 Å². The number of amides is 1. The maximum atomic E-state index is 12.4. The van der Waals surface area contributed by atoms with Crippen LogP contribution in [0.25, 0.3) is 0 Å². The van der Waals surface area contributed by atoms with Gasteiger partial charge in [0.15, 0.2) is 5.82 Å². The van der Waals surface area contributed by atoms with Crippen molar-refractivity contribution in [3.05, 3.63) is 76.6 Å². The topological polar surface area (TPSA) is 102 Å². The molecule has 2 heterocycles. The summed E-state index contributed by atoms with van der Waals surface area (Å²) in [5.74, 6) is 0.0885. The number of carbonyl (C=O) groups is 2.